The minimum absolute atomic E-state index is 0.0996. The van der Waals surface area contributed by atoms with Crippen molar-refractivity contribution in [3.05, 3.63) is 118 Å². The van der Waals surface area contributed by atoms with E-state index in [1.807, 2.05) is 79.2 Å². The van der Waals surface area contributed by atoms with Crippen LogP contribution in [0.15, 0.2) is 84.2 Å². The summed E-state index contributed by atoms with van der Waals surface area (Å²) in [6.07, 6.45) is 4.68. The molecule has 0 spiro atoms. The molecule has 4 aromatic rings. The number of aryl methyl sites for hydroxylation is 2. The number of carbonyl (C=O) groups is 1. The molecule has 0 bridgehead atoms. The van der Waals surface area contributed by atoms with Crippen molar-refractivity contribution in [3.8, 4) is 5.69 Å². The second-order valence-corrected chi connectivity index (χ2v) is 7.88. The van der Waals surface area contributed by atoms with Crippen LogP contribution in [0, 0.1) is 13.8 Å². The van der Waals surface area contributed by atoms with Crippen molar-refractivity contribution in [1.82, 2.24) is 14.1 Å². The second-order valence-electron chi connectivity index (χ2n) is 7.88. The van der Waals surface area contributed by atoms with Crippen LogP contribution < -0.4 is 5.56 Å². The monoisotopic (exact) mass is 427 g/mol. The quantitative estimate of drug-likeness (QED) is 0.429. The molecule has 0 saturated carbocycles. The Hall–Kier alpha value is -3.93. The Labute approximate surface area is 186 Å². The third-order valence-electron chi connectivity index (χ3n) is 5.38. The zero-order chi connectivity index (χ0) is 22.7. The highest BCUT2D eigenvalue weighted by Gasteiger charge is 2.22. The van der Waals surface area contributed by atoms with E-state index in [9.17, 15) is 9.59 Å². The highest BCUT2D eigenvalue weighted by molar-refractivity contribution is 5.66. The van der Waals surface area contributed by atoms with Crippen LogP contribution in [-0.2, 0) is 16.1 Å². The fourth-order valence-electron chi connectivity index (χ4n) is 3.78. The number of benzene rings is 2. The van der Waals surface area contributed by atoms with E-state index in [1.54, 1.807) is 23.2 Å². The fourth-order valence-corrected chi connectivity index (χ4v) is 3.78. The number of aromatic nitrogens is 3. The zero-order valence-corrected chi connectivity index (χ0v) is 18.4. The maximum Gasteiger partial charge on any atom is 0.303 e. The molecule has 6 nitrogen and oxygen atoms in total. The predicted molar refractivity (Wildman–Crippen MR) is 123 cm³/mol. The highest BCUT2D eigenvalue weighted by atomic mass is 16.5. The van der Waals surface area contributed by atoms with Gasteiger partial charge in [0.1, 0.15) is 0 Å². The summed E-state index contributed by atoms with van der Waals surface area (Å²) in [5, 5.41) is 0. The lowest BCUT2D eigenvalue weighted by atomic mass is 10.1. The van der Waals surface area contributed by atoms with Crippen molar-refractivity contribution in [2.24, 2.45) is 0 Å². The lowest BCUT2D eigenvalue weighted by molar-refractivity contribution is -0.145. The predicted octanol–water partition coefficient (Wildman–Crippen LogP) is 4.35. The van der Waals surface area contributed by atoms with Gasteiger partial charge in [-0.05, 0) is 48.2 Å². The molecule has 2 aromatic heterocycles. The summed E-state index contributed by atoms with van der Waals surface area (Å²) in [7, 11) is 0. The maximum atomic E-state index is 12.9. The van der Waals surface area contributed by atoms with Crippen LogP contribution in [0.4, 0.5) is 0 Å². The Bertz CT molecular complexity index is 1310. The maximum absolute atomic E-state index is 12.9. The standard InChI is InChI=1S/C26H25N3O3/c1-18-8-7-11-23(12-18)29-15-19(2)22(13-25(29)31)16-28-17-27-14-24(28)26(32-20(3)30)21-9-5-4-6-10-21/h4-15,17,26H,16H2,1-3H3. The van der Waals surface area contributed by atoms with Crippen molar-refractivity contribution in [1.29, 1.82) is 0 Å². The average Bonchev–Trinajstić information content (AvgIpc) is 3.22. The first-order valence-electron chi connectivity index (χ1n) is 10.4. The van der Waals surface area contributed by atoms with Gasteiger partial charge in [0.25, 0.3) is 5.56 Å². The number of carbonyl (C=O) groups excluding carboxylic acids is 1. The summed E-state index contributed by atoms with van der Waals surface area (Å²) in [6.45, 7) is 5.82. The second kappa shape index (κ2) is 9.06. The number of esters is 1. The van der Waals surface area contributed by atoms with Crippen LogP contribution in [-0.4, -0.2) is 20.1 Å². The first-order valence-corrected chi connectivity index (χ1v) is 10.4. The Kier molecular flexibility index (Phi) is 6.03. The van der Waals surface area contributed by atoms with Gasteiger partial charge in [-0.15, -0.1) is 0 Å². The van der Waals surface area contributed by atoms with Gasteiger partial charge in [-0.3, -0.25) is 14.2 Å². The van der Waals surface area contributed by atoms with Crippen molar-refractivity contribution in [2.45, 2.75) is 33.4 Å². The van der Waals surface area contributed by atoms with E-state index < -0.39 is 6.10 Å². The molecule has 0 saturated heterocycles. The smallest absolute Gasteiger partial charge is 0.303 e. The summed E-state index contributed by atoms with van der Waals surface area (Å²) in [5.74, 6) is -0.372. The van der Waals surface area contributed by atoms with E-state index in [-0.39, 0.29) is 11.5 Å². The van der Waals surface area contributed by atoms with E-state index in [0.29, 0.717) is 6.54 Å². The minimum atomic E-state index is -0.579. The summed E-state index contributed by atoms with van der Waals surface area (Å²) in [4.78, 5) is 29.0. The molecular weight excluding hydrogens is 402 g/mol. The Morgan fingerprint density at radius 2 is 1.84 bits per heavy atom. The summed E-state index contributed by atoms with van der Waals surface area (Å²) >= 11 is 0. The third-order valence-corrected chi connectivity index (χ3v) is 5.38. The number of imidazole rings is 1. The minimum Gasteiger partial charge on any atom is -0.451 e. The number of hydrogen-bond donors (Lipinski definition) is 0. The lowest BCUT2D eigenvalue weighted by Gasteiger charge is -2.20. The molecule has 32 heavy (non-hydrogen) atoms. The van der Waals surface area contributed by atoms with Crippen LogP contribution in [0.1, 0.15) is 41.0 Å². The van der Waals surface area contributed by atoms with Gasteiger partial charge in [0.15, 0.2) is 6.10 Å². The Morgan fingerprint density at radius 3 is 2.56 bits per heavy atom. The van der Waals surface area contributed by atoms with Crippen LogP contribution in [0.2, 0.25) is 0 Å². The SMILES string of the molecule is CC(=O)OC(c1ccccc1)c1cncn1Cc1cc(=O)n(-c2cccc(C)c2)cc1C. The van der Waals surface area contributed by atoms with Gasteiger partial charge < -0.3 is 9.30 Å². The van der Waals surface area contributed by atoms with E-state index in [1.165, 1.54) is 6.92 Å². The van der Waals surface area contributed by atoms with Crippen LogP contribution >= 0.6 is 0 Å². The van der Waals surface area contributed by atoms with Gasteiger partial charge in [0, 0.05) is 31.4 Å². The number of hydrogen-bond acceptors (Lipinski definition) is 4. The Balaban J connectivity index is 1.69. The molecule has 6 heteroatoms. The molecule has 1 unspecified atom stereocenters. The van der Waals surface area contributed by atoms with Gasteiger partial charge in [0.2, 0.25) is 0 Å². The molecule has 162 valence electrons. The third kappa shape index (κ3) is 4.54. The van der Waals surface area contributed by atoms with Gasteiger partial charge in [-0.1, -0.05) is 42.5 Å². The summed E-state index contributed by atoms with van der Waals surface area (Å²) < 4.78 is 9.21. The van der Waals surface area contributed by atoms with Gasteiger partial charge in [-0.2, -0.15) is 0 Å². The van der Waals surface area contributed by atoms with E-state index in [0.717, 1.165) is 33.6 Å². The van der Waals surface area contributed by atoms with Crippen molar-refractivity contribution < 1.29 is 9.53 Å². The van der Waals surface area contributed by atoms with Crippen molar-refractivity contribution in [3.63, 3.8) is 0 Å². The normalized spacial score (nSPS) is 11.8. The zero-order valence-electron chi connectivity index (χ0n) is 18.4. The van der Waals surface area contributed by atoms with Crippen LogP contribution in [0.3, 0.4) is 0 Å². The number of nitrogens with zero attached hydrogens (tertiary/aromatic N) is 3. The molecular formula is C26H25N3O3. The van der Waals surface area contributed by atoms with Crippen molar-refractivity contribution >= 4 is 5.97 Å². The molecule has 0 amide bonds. The first kappa shape index (κ1) is 21.3. The molecule has 0 aliphatic heterocycles. The molecule has 0 fully saturated rings. The highest BCUT2D eigenvalue weighted by Crippen LogP contribution is 2.27. The van der Waals surface area contributed by atoms with E-state index in [2.05, 4.69) is 4.98 Å². The Morgan fingerprint density at radius 1 is 1.06 bits per heavy atom. The number of pyridine rings is 1. The van der Waals surface area contributed by atoms with E-state index in [4.69, 9.17) is 4.74 Å². The fraction of sp³-hybridized carbons (Fsp3) is 0.192. The lowest BCUT2D eigenvalue weighted by Crippen LogP contribution is -2.20. The molecule has 2 aromatic carbocycles. The molecule has 0 aliphatic rings. The van der Waals surface area contributed by atoms with Crippen LogP contribution in [0.25, 0.3) is 5.69 Å². The molecule has 0 aliphatic carbocycles. The largest absolute Gasteiger partial charge is 0.451 e. The van der Waals surface area contributed by atoms with E-state index >= 15 is 0 Å². The molecule has 2 heterocycles. The average molecular weight is 428 g/mol. The number of ether oxygens (including phenoxy) is 1. The van der Waals surface area contributed by atoms with Gasteiger partial charge in [0.05, 0.1) is 18.2 Å². The molecule has 0 N–H and O–H groups in total. The molecule has 1 atom stereocenters. The van der Waals surface area contributed by atoms with Gasteiger partial charge in [-0.25, -0.2) is 4.98 Å². The van der Waals surface area contributed by atoms with Gasteiger partial charge >= 0.3 is 5.97 Å². The first-order chi connectivity index (χ1) is 15.4. The molecule has 0 radical (unpaired) electrons. The van der Waals surface area contributed by atoms with Crippen LogP contribution in [0.5, 0.6) is 0 Å². The number of rotatable bonds is 6. The summed E-state index contributed by atoms with van der Waals surface area (Å²) in [6, 6.07) is 19.1. The topological polar surface area (TPSA) is 66.1 Å². The summed E-state index contributed by atoms with van der Waals surface area (Å²) in [5.41, 5.74) is 5.30. The van der Waals surface area contributed by atoms with Crippen molar-refractivity contribution in [2.75, 3.05) is 0 Å². The molecule has 4 rings (SSSR count).